The highest BCUT2D eigenvalue weighted by Gasteiger charge is 2.27. The molecule has 0 saturated carbocycles. The Labute approximate surface area is 111 Å². The van der Waals surface area contributed by atoms with E-state index < -0.39 is 0 Å². The number of thiocarbonyl (C=S) groups is 1. The second-order valence-corrected chi connectivity index (χ2v) is 5.10. The molecule has 0 aromatic heterocycles. The van der Waals surface area contributed by atoms with Crippen molar-refractivity contribution < 1.29 is 9.50 Å². The normalized spacial score (nSPS) is 19.7. The summed E-state index contributed by atoms with van der Waals surface area (Å²) in [5.74, 6) is -0.286. The maximum Gasteiger partial charge on any atom is 0.123 e. The molecule has 18 heavy (non-hydrogen) atoms. The third-order valence-electron chi connectivity index (χ3n) is 3.30. The predicted octanol–water partition coefficient (Wildman–Crippen LogP) is 1.61. The van der Waals surface area contributed by atoms with Gasteiger partial charge in [-0.1, -0.05) is 24.4 Å². The van der Waals surface area contributed by atoms with Gasteiger partial charge < -0.3 is 10.8 Å². The molecule has 1 aliphatic heterocycles. The summed E-state index contributed by atoms with van der Waals surface area (Å²) in [6, 6.07) is 6.12. The number of likely N-dealkylation sites (tertiary alicyclic amines) is 1. The van der Waals surface area contributed by atoms with E-state index >= 15 is 0 Å². The molecule has 1 atom stereocenters. The lowest BCUT2D eigenvalue weighted by atomic mass is 10.0. The van der Waals surface area contributed by atoms with Crippen LogP contribution in [0.25, 0.3) is 0 Å². The Morgan fingerprint density at radius 2 is 2.11 bits per heavy atom. The molecule has 3 nitrogen and oxygen atoms in total. The zero-order chi connectivity index (χ0) is 13.1. The lowest BCUT2D eigenvalue weighted by Crippen LogP contribution is -2.43. The molecule has 1 aromatic rings. The van der Waals surface area contributed by atoms with E-state index in [4.69, 9.17) is 18.0 Å². The fourth-order valence-electron chi connectivity index (χ4n) is 2.38. The van der Waals surface area contributed by atoms with Gasteiger partial charge >= 0.3 is 0 Å². The standard InChI is InChI=1S/C13H17FN2OS/c14-10-3-1-2-9(8-10)12(13(15)18)16-6-4-11(17)5-7-16/h1-3,8,11-12,17H,4-7H2,(H2,15,18). The molecule has 1 unspecified atom stereocenters. The quantitative estimate of drug-likeness (QED) is 0.818. The highest BCUT2D eigenvalue weighted by molar-refractivity contribution is 7.80. The van der Waals surface area contributed by atoms with Crippen molar-refractivity contribution in [3.05, 3.63) is 35.6 Å². The number of piperidine rings is 1. The van der Waals surface area contributed by atoms with Gasteiger partial charge in [-0.15, -0.1) is 0 Å². The van der Waals surface area contributed by atoms with Crippen LogP contribution in [0.5, 0.6) is 0 Å². The molecule has 0 spiro atoms. The molecule has 0 bridgehead atoms. The Balaban J connectivity index is 2.21. The maximum absolute atomic E-state index is 13.3. The second-order valence-electron chi connectivity index (χ2n) is 4.63. The van der Waals surface area contributed by atoms with E-state index in [0.29, 0.717) is 17.8 Å². The van der Waals surface area contributed by atoms with E-state index in [0.717, 1.165) is 18.7 Å². The van der Waals surface area contributed by atoms with Gasteiger partial charge in [0, 0.05) is 13.1 Å². The van der Waals surface area contributed by atoms with E-state index in [2.05, 4.69) is 4.90 Å². The van der Waals surface area contributed by atoms with E-state index in [9.17, 15) is 9.50 Å². The summed E-state index contributed by atoms with van der Waals surface area (Å²) in [6.45, 7) is 1.44. The number of rotatable bonds is 3. The van der Waals surface area contributed by atoms with Crippen LogP contribution in [0.15, 0.2) is 24.3 Å². The average molecular weight is 268 g/mol. The third kappa shape index (κ3) is 3.04. The monoisotopic (exact) mass is 268 g/mol. The first-order valence-electron chi connectivity index (χ1n) is 6.05. The van der Waals surface area contributed by atoms with Gasteiger partial charge in [0.05, 0.1) is 17.1 Å². The van der Waals surface area contributed by atoms with Crippen molar-refractivity contribution in [1.29, 1.82) is 0 Å². The smallest absolute Gasteiger partial charge is 0.123 e. The van der Waals surface area contributed by atoms with Gasteiger partial charge in [-0.05, 0) is 30.5 Å². The number of hydrogen-bond acceptors (Lipinski definition) is 3. The number of benzene rings is 1. The van der Waals surface area contributed by atoms with Crippen LogP contribution in [0, 0.1) is 5.82 Å². The molecule has 0 amide bonds. The average Bonchev–Trinajstić information content (AvgIpc) is 2.32. The number of hydrogen-bond donors (Lipinski definition) is 2. The molecule has 1 heterocycles. The van der Waals surface area contributed by atoms with Crippen molar-refractivity contribution in [1.82, 2.24) is 4.90 Å². The minimum absolute atomic E-state index is 0.247. The summed E-state index contributed by atoms with van der Waals surface area (Å²) in [7, 11) is 0. The maximum atomic E-state index is 13.3. The highest BCUT2D eigenvalue weighted by Crippen LogP contribution is 2.25. The first-order valence-corrected chi connectivity index (χ1v) is 6.45. The van der Waals surface area contributed by atoms with Crippen LogP contribution in [-0.2, 0) is 0 Å². The fourth-order valence-corrected chi connectivity index (χ4v) is 2.66. The fraction of sp³-hybridized carbons (Fsp3) is 0.462. The molecular weight excluding hydrogens is 251 g/mol. The molecule has 2 rings (SSSR count). The van der Waals surface area contributed by atoms with Gasteiger partial charge in [-0.25, -0.2) is 4.39 Å². The van der Waals surface area contributed by atoms with Gasteiger partial charge in [0.1, 0.15) is 5.82 Å². The van der Waals surface area contributed by atoms with Gasteiger partial charge in [0.15, 0.2) is 0 Å². The molecule has 5 heteroatoms. The van der Waals surface area contributed by atoms with Crippen molar-refractivity contribution in [3.8, 4) is 0 Å². The van der Waals surface area contributed by atoms with Crippen LogP contribution in [0.2, 0.25) is 0 Å². The molecule has 0 radical (unpaired) electrons. The van der Waals surface area contributed by atoms with Crippen molar-refractivity contribution in [3.63, 3.8) is 0 Å². The SMILES string of the molecule is NC(=S)C(c1cccc(F)c1)N1CCC(O)CC1. The summed E-state index contributed by atoms with van der Waals surface area (Å²) in [6.07, 6.45) is 1.16. The Kier molecular flexibility index (Phi) is 4.27. The number of aliphatic hydroxyl groups is 1. The zero-order valence-electron chi connectivity index (χ0n) is 10.1. The van der Waals surface area contributed by atoms with Crippen LogP contribution < -0.4 is 5.73 Å². The number of aliphatic hydroxyl groups excluding tert-OH is 1. The second kappa shape index (κ2) is 5.73. The van der Waals surface area contributed by atoms with Gasteiger partial charge in [0.2, 0.25) is 0 Å². The molecule has 3 N–H and O–H groups in total. The van der Waals surface area contributed by atoms with E-state index in [1.54, 1.807) is 6.07 Å². The summed E-state index contributed by atoms with van der Waals surface area (Å²) in [4.78, 5) is 2.45. The van der Waals surface area contributed by atoms with Crippen molar-refractivity contribution >= 4 is 17.2 Å². The van der Waals surface area contributed by atoms with Gasteiger partial charge in [0.25, 0.3) is 0 Å². The Hall–Kier alpha value is -1.04. The number of nitrogens with zero attached hydrogens (tertiary/aromatic N) is 1. The molecule has 0 aliphatic carbocycles. The largest absolute Gasteiger partial charge is 0.393 e. The number of nitrogens with two attached hydrogens (primary N) is 1. The topological polar surface area (TPSA) is 49.5 Å². The van der Waals surface area contributed by atoms with Crippen LogP contribution in [0.4, 0.5) is 4.39 Å². The van der Waals surface area contributed by atoms with Crippen molar-refractivity contribution in [2.24, 2.45) is 5.73 Å². The zero-order valence-corrected chi connectivity index (χ0v) is 10.9. The van der Waals surface area contributed by atoms with E-state index in [1.807, 2.05) is 6.07 Å². The molecule has 1 aromatic carbocycles. The van der Waals surface area contributed by atoms with E-state index in [-0.39, 0.29) is 18.0 Å². The Morgan fingerprint density at radius 1 is 1.44 bits per heavy atom. The molecule has 1 saturated heterocycles. The van der Waals surface area contributed by atoms with Crippen LogP contribution in [0.3, 0.4) is 0 Å². The summed E-state index contributed by atoms with van der Waals surface area (Å²) >= 11 is 5.10. The summed E-state index contributed by atoms with van der Waals surface area (Å²) in [5.41, 5.74) is 6.57. The molecule has 1 fully saturated rings. The van der Waals surface area contributed by atoms with Crippen LogP contribution >= 0.6 is 12.2 Å². The Bertz CT molecular complexity index is 433. The van der Waals surface area contributed by atoms with Crippen LogP contribution in [0.1, 0.15) is 24.4 Å². The summed E-state index contributed by atoms with van der Waals surface area (Å²) in [5, 5.41) is 9.51. The lowest BCUT2D eigenvalue weighted by Gasteiger charge is -2.35. The summed E-state index contributed by atoms with van der Waals surface area (Å²) < 4.78 is 13.3. The Morgan fingerprint density at radius 3 is 2.67 bits per heavy atom. The lowest BCUT2D eigenvalue weighted by molar-refractivity contribution is 0.0739. The molecule has 98 valence electrons. The highest BCUT2D eigenvalue weighted by atomic mass is 32.1. The predicted molar refractivity (Wildman–Crippen MR) is 72.7 cm³/mol. The third-order valence-corrected chi connectivity index (χ3v) is 3.52. The minimum Gasteiger partial charge on any atom is -0.393 e. The van der Waals surface area contributed by atoms with Gasteiger partial charge in [-0.2, -0.15) is 0 Å². The number of halogens is 1. The minimum atomic E-state index is -0.286. The van der Waals surface area contributed by atoms with Gasteiger partial charge in [-0.3, -0.25) is 4.90 Å². The molecule has 1 aliphatic rings. The van der Waals surface area contributed by atoms with Crippen LogP contribution in [-0.4, -0.2) is 34.2 Å². The first-order chi connectivity index (χ1) is 8.58. The van der Waals surface area contributed by atoms with Crippen molar-refractivity contribution in [2.75, 3.05) is 13.1 Å². The van der Waals surface area contributed by atoms with Crippen molar-refractivity contribution in [2.45, 2.75) is 25.0 Å². The molecular formula is C13H17FN2OS. The first kappa shape index (κ1) is 13.4. The van der Waals surface area contributed by atoms with E-state index in [1.165, 1.54) is 12.1 Å².